The molecule has 0 aromatic carbocycles. The highest BCUT2D eigenvalue weighted by Crippen LogP contribution is 2.24. The lowest BCUT2D eigenvalue weighted by Gasteiger charge is -2.30. The number of rotatable bonds is 8. The maximum Gasteiger partial charge on any atom is 0.244 e. The highest BCUT2D eigenvalue weighted by Gasteiger charge is 2.32. The van der Waals surface area contributed by atoms with Crippen molar-refractivity contribution >= 4 is 15.9 Å². The van der Waals surface area contributed by atoms with Gasteiger partial charge in [-0.3, -0.25) is 4.79 Å². The second kappa shape index (κ2) is 9.77. The number of aromatic nitrogens is 1. The Morgan fingerprint density at radius 3 is 2.67 bits per heavy atom. The molecule has 0 saturated carbocycles. The standard InChI is InChI=1S/C17H25FN4O4S/c1-2-20-17(23)14-5-7-22(8-6-14)27(24,25)15-3-4-16(21-11-15)26-12-13(9-18)10-19/h3-4,9,11,14H,2,5-8,10,12,19H2,1H3,(H,20,23)/b13-9+. The summed E-state index contributed by atoms with van der Waals surface area (Å²) < 4.78 is 44.5. The fraction of sp³-hybridized carbons (Fsp3) is 0.529. The molecule has 2 heterocycles. The first-order chi connectivity index (χ1) is 12.9. The minimum atomic E-state index is -3.69. The molecule has 2 rings (SSSR count). The van der Waals surface area contributed by atoms with Crippen LogP contribution in [0.1, 0.15) is 19.8 Å². The minimum absolute atomic E-state index is 0.0230. The first-order valence-electron chi connectivity index (χ1n) is 8.77. The number of amides is 1. The van der Waals surface area contributed by atoms with Crippen LogP contribution in [-0.4, -0.2) is 56.4 Å². The molecule has 1 amide bonds. The van der Waals surface area contributed by atoms with Crippen LogP contribution in [0.5, 0.6) is 5.88 Å². The number of ether oxygens (including phenoxy) is 1. The summed E-state index contributed by atoms with van der Waals surface area (Å²) in [5.74, 6) is -0.0146. The second-order valence-corrected chi connectivity index (χ2v) is 8.10. The molecule has 0 aliphatic carbocycles. The predicted molar refractivity (Wildman–Crippen MR) is 98.1 cm³/mol. The van der Waals surface area contributed by atoms with Crippen LogP contribution < -0.4 is 15.8 Å². The third-order valence-electron chi connectivity index (χ3n) is 4.34. The number of hydrogen-bond acceptors (Lipinski definition) is 6. The van der Waals surface area contributed by atoms with Gasteiger partial charge in [0.2, 0.25) is 21.8 Å². The van der Waals surface area contributed by atoms with E-state index >= 15 is 0 Å². The summed E-state index contributed by atoms with van der Waals surface area (Å²) in [5.41, 5.74) is 5.60. The van der Waals surface area contributed by atoms with Crippen molar-refractivity contribution in [3.63, 3.8) is 0 Å². The monoisotopic (exact) mass is 400 g/mol. The van der Waals surface area contributed by atoms with E-state index in [2.05, 4.69) is 10.3 Å². The molecule has 1 fully saturated rings. The Morgan fingerprint density at radius 1 is 1.44 bits per heavy atom. The summed E-state index contributed by atoms with van der Waals surface area (Å²) in [6.45, 7) is 2.94. The lowest BCUT2D eigenvalue weighted by molar-refractivity contribution is -0.126. The van der Waals surface area contributed by atoms with Gasteiger partial charge in [0.1, 0.15) is 11.5 Å². The van der Waals surface area contributed by atoms with Crippen molar-refractivity contribution in [1.29, 1.82) is 0 Å². The topological polar surface area (TPSA) is 115 Å². The minimum Gasteiger partial charge on any atom is -0.473 e. The van der Waals surface area contributed by atoms with E-state index in [4.69, 9.17) is 10.5 Å². The molecule has 0 spiro atoms. The zero-order valence-electron chi connectivity index (χ0n) is 15.2. The highest BCUT2D eigenvalue weighted by molar-refractivity contribution is 7.89. The van der Waals surface area contributed by atoms with Gasteiger partial charge in [-0.2, -0.15) is 4.31 Å². The Labute approximate surface area is 158 Å². The lowest BCUT2D eigenvalue weighted by Crippen LogP contribution is -2.42. The average Bonchev–Trinajstić information content (AvgIpc) is 2.69. The van der Waals surface area contributed by atoms with Gasteiger partial charge in [-0.25, -0.2) is 17.8 Å². The largest absolute Gasteiger partial charge is 0.473 e. The molecule has 150 valence electrons. The summed E-state index contributed by atoms with van der Waals surface area (Å²) in [6.07, 6.45) is 2.55. The van der Waals surface area contributed by atoms with E-state index in [0.29, 0.717) is 25.7 Å². The SMILES string of the molecule is CCNC(=O)C1CCN(S(=O)(=O)c2ccc(OC/C(=C/F)CN)nc2)CC1. The van der Waals surface area contributed by atoms with Gasteiger partial charge in [-0.1, -0.05) is 0 Å². The zero-order chi connectivity index (χ0) is 19.9. The summed E-state index contributed by atoms with van der Waals surface area (Å²) in [4.78, 5) is 15.9. The third kappa shape index (κ3) is 5.47. The summed E-state index contributed by atoms with van der Waals surface area (Å²) >= 11 is 0. The first-order valence-corrected chi connectivity index (χ1v) is 10.2. The van der Waals surface area contributed by atoms with E-state index in [9.17, 15) is 17.6 Å². The van der Waals surface area contributed by atoms with E-state index in [1.165, 1.54) is 22.6 Å². The Kier molecular flexibility index (Phi) is 7.69. The summed E-state index contributed by atoms with van der Waals surface area (Å²) in [5, 5.41) is 2.77. The van der Waals surface area contributed by atoms with Gasteiger partial charge in [0.05, 0.1) is 12.5 Å². The molecule has 1 aromatic rings. The number of nitrogens with zero attached hydrogens (tertiary/aromatic N) is 2. The van der Waals surface area contributed by atoms with Gasteiger partial charge < -0.3 is 15.8 Å². The number of halogens is 1. The van der Waals surface area contributed by atoms with Crippen molar-refractivity contribution in [1.82, 2.24) is 14.6 Å². The molecule has 8 nitrogen and oxygen atoms in total. The predicted octanol–water partition coefficient (Wildman–Crippen LogP) is 0.809. The highest BCUT2D eigenvalue weighted by atomic mass is 32.2. The zero-order valence-corrected chi connectivity index (χ0v) is 16.0. The van der Waals surface area contributed by atoms with Gasteiger partial charge in [0, 0.05) is 43.7 Å². The van der Waals surface area contributed by atoms with E-state index in [-0.39, 0.29) is 54.4 Å². The number of pyridine rings is 1. The van der Waals surface area contributed by atoms with Gasteiger partial charge in [-0.05, 0) is 25.8 Å². The van der Waals surface area contributed by atoms with E-state index in [0.717, 1.165) is 0 Å². The van der Waals surface area contributed by atoms with Crippen LogP contribution >= 0.6 is 0 Å². The van der Waals surface area contributed by atoms with Crippen molar-refractivity contribution in [2.24, 2.45) is 11.7 Å². The number of piperidine rings is 1. The number of nitrogens with one attached hydrogen (secondary N) is 1. The summed E-state index contributed by atoms with van der Waals surface area (Å²) in [7, 11) is -3.69. The van der Waals surface area contributed by atoms with Crippen molar-refractivity contribution in [3.05, 3.63) is 30.2 Å². The van der Waals surface area contributed by atoms with Crippen LogP contribution in [0.3, 0.4) is 0 Å². The van der Waals surface area contributed by atoms with Crippen LogP contribution in [0, 0.1) is 5.92 Å². The van der Waals surface area contributed by atoms with Crippen LogP contribution in [0.15, 0.2) is 35.1 Å². The normalized spacial score (nSPS) is 16.9. The molecule has 0 atom stereocenters. The molecule has 1 aliphatic heterocycles. The van der Waals surface area contributed by atoms with Gasteiger partial charge in [0.25, 0.3) is 0 Å². The van der Waals surface area contributed by atoms with Gasteiger partial charge in [-0.15, -0.1) is 0 Å². The Hall–Kier alpha value is -2.04. The molecule has 0 unspecified atom stereocenters. The Morgan fingerprint density at radius 2 is 2.15 bits per heavy atom. The van der Waals surface area contributed by atoms with Crippen molar-refractivity contribution in [3.8, 4) is 5.88 Å². The number of sulfonamides is 1. The molecule has 1 aromatic heterocycles. The van der Waals surface area contributed by atoms with E-state index in [1.54, 1.807) is 0 Å². The molecule has 0 radical (unpaired) electrons. The maximum absolute atomic E-state index is 12.7. The molecule has 0 bridgehead atoms. The van der Waals surface area contributed by atoms with Gasteiger partial charge >= 0.3 is 0 Å². The molecule has 10 heteroatoms. The number of carbonyl (C=O) groups is 1. The number of nitrogens with two attached hydrogens (primary N) is 1. The molecule has 1 aliphatic rings. The lowest BCUT2D eigenvalue weighted by atomic mass is 9.97. The molecule has 27 heavy (non-hydrogen) atoms. The van der Waals surface area contributed by atoms with Gasteiger partial charge in [0.15, 0.2) is 0 Å². The van der Waals surface area contributed by atoms with Crippen LogP contribution in [0.4, 0.5) is 4.39 Å². The fourth-order valence-electron chi connectivity index (χ4n) is 2.73. The van der Waals surface area contributed by atoms with Crippen molar-refractivity contribution in [2.45, 2.75) is 24.7 Å². The number of carbonyl (C=O) groups excluding carboxylic acids is 1. The van der Waals surface area contributed by atoms with E-state index in [1.807, 2.05) is 6.92 Å². The fourth-order valence-corrected chi connectivity index (χ4v) is 4.15. The molecular weight excluding hydrogens is 375 g/mol. The smallest absolute Gasteiger partial charge is 0.244 e. The second-order valence-electron chi connectivity index (χ2n) is 6.17. The third-order valence-corrected chi connectivity index (χ3v) is 6.23. The summed E-state index contributed by atoms with van der Waals surface area (Å²) in [6, 6.07) is 2.82. The van der Waals surface area contributed by atoms with Crippen LogP contribution in [-0.2, 0) is 14.8 Å². The van der Waals surface area contributed by atoms with Crippen molar-refractivity contribution < 1.29 is 22.3 Å². The Balaban J connectivity index is 1.98. The number of hydrogen-bond donors (Lipinski definition) is 2. The quantitative estimate of drug-likeness (QED) is 0.667. The molecule has 1 saturated heterocycles. The first kappa shape index (κ1) is 21.3. The Bertz CT molecular complexity index is 760. The molecular formula is C17H25FN4O4S. The van der Waals surface area contributed by atoms with Crippen LogP contribution in [0.25, 0.3) is 0 Å². The average molecular weight is 400 g/mol. The van der Waals surface area contributed by atoms with Crippen molar-refractivity contribution in [2.75, 3.05) is 32.8 Å². The maximum atomic E-state index is 12.7. The van der Waals surface area contributed by atoms with Crippen LogP contribution in [0.2, 0.25) is 0 Å². The molecule has 3 N–H and O–H groups in total. The van der Waals surface area contributed by atoms with E-state index < -0.39 is 10.0 Å².